The van der Waals surface area contributed by atoms with Crippen LogP contribution < -0.4 is 37.1 Å². The van der Waals surface area contributed by atoms with E-state index in [0.717, 1.165) is 16.7 Å². The van der Waals surface area contributed by atoms with Gasteiger partial charge in [0.1, 0.15) is 24.1 Å². The molecule has 1 aromatic heterocycles. The predicted octanol–water partition coefficient (Wildman–Crippen LogP) is -1.32. The summed E-state index contributed by atoms with van der Waals surface area (Å²) in [7, 11) is 0. The van der Waals surface area contributed by atoms with Crippen LogP contribution in [0.25, 0.3) is 0 Å². The Morgan fingerprint density at radius 3 is 2.79 bits per heavy atom. The Bertz CT molecular complexity index is 1450. The van der Waals surface area contributed by atoms with Crippen molar-refractivity contribution in [2.75, 3.05) is 30.4 Å². The summed E-state index contributed by atoms with van der Waals surface area (Å²) in [5.41, 5.74) is 6.27. The van der Waals surface area contributed by atoms with E-state index in [9.17, 15) is 19.2 Å². The standard InChI is InChI=1S/C22H20N6O6/c23-8-14-20(32)26-19(27-22(14)34-6-5-29)21(33)25-9-11-1-2-12-3-4-28(10-13(12)7-11)16-15(24)17(30)18(16)31/h1-2,7,29H,3-6,9-10,24H2,(H,25,33)(H,26,27,32). The van der Waals surface area contributed by atoms with E-state index in [0.29, 0.717) is 19.5 Å². The summed E-state index contributed by atoms with van der Waals surface area (Å²) in [6.07, 6.45) is 0.674. The van der Waals surface area contributed by atoms with Crippen LogP contribution in [0.15, 0.2) is 32.6 Å². The molecule has 174 valence electrons. The number of aromatic amines is 1. The van der Waals surface area contributed by atoms with Crippen molar-refractivity contribution in [3.8, 4) is 11.9 Å². The molecule has 2 heterocycles. The van der Waals surface area contributed by atoms with Crippen molar-refractivity contribution in [1.82, 2.24) is 15.3 Å². The first-order chi connectivity index (χ1) is 16.3. The summed E-state index contributed by atoms with van der Waals surface area (Å²) >= 11 is 0. The molecule has 12 heteroatoms. The van der Waals surface area contributed by atoms with Crippen LogP contribution in [-0.4, -0.2) is 40.7 Å². The van der Waals surface area contributed by atoms with Crippen molar-refractivity contribution < 1.29 is 14.6 Å². The number of nitrogens with two attached hydrogens (primary N) is 1. The van der Waals surface area contributed by atoms with Gasteiger partial charge in [0.15, 0.2) is 5.56 Å². The zero-order valence-corrected chi connectivity index (χ0v) is 17.9. The molecule has 5 N–H and O–H groups in total. The molecule has 0 bridgehead atoms. The van der Waals surface area contributed by atoms with E-state index in [1.165, 1.54) is 0 Å². The van der Waals surface area contributed by atoms with Crippen molar-refractivity contribution >= 4 is 17.3 Å². The summed E-state index contributed by atoms with van der Waals surface area (Å²) < 4.78 is 5.09. The Kier molecular flexibility index (Phi) is 6.11. The molecular weight excluding hydrogens is 444 g/mol. The minimum Gasteiger partial charge on any atom is -0.474 e. The number of ether oxygens (including phenoxy) is 1. The Morgan fingerprint density at radius 1 is 1.29 bits per heavy atom. The number of nitriles is 1. The Morgan fingerprint density at radius 2 is 2.09 bits per heavy atom. The SMILES string of the molecule is N#Cc1c(OCCO)nc(C(=O)NCc2ccc3c(c2)CN(c2c(N)c(=O)c2=O)CC3)[nH]c1=O. The number of fused-ring (bicyclic) bond motifs is 1. The van der Waals surface area contributed by atoms with Crippen molar-refractivity contribution in [2.45, 2.75) is 19.5 Å². The Labute approximate surface area is 191 Å². The maximum atomic E-state index is 12.5. The molecule has 0 spiro atoms. The monoisotopic (exact) mass is 464 g/mol. The van der Waals surface area contributed by atoms with Crippen molar-refractivity contribution in [2.24, 2.45) is 0 Å². The Hall–Kier alpha value is -4.50. The first-order valence-electron chi connectivity index (χ1n) is 10.3. The van der Waals surface area contributed by atoms with Gasteiger partial charge in [-0.3, -0.25) is 19.2 Å². The lowest BCUT2D eigenvalue weighted by atomic mass is 9.96. The fourth-order valence-electron chi connectivity index (χ4n) is 3.79. The van der Waals surface area contributed by atoms with E-state index in [1.807, 2.05) is 18.2 Å². The van der Waals surface area contributed by atoms with E-state index in [-0.39, 0.29) is 42.8 Å². The van der Waals surface area contributed by atoms with E-state index < -0.39 is 27.9 Å². The van der Waals surface area contributed by atoms with Gasteiger partial charge in [-0.2, -0.15) is 10.2 Å². The second kappa shape index (κ2) is 9.16. The summed E-state index contributed by atoms with van der Waals surface area (Å²) in [4.78, 5) is 55.8. The van der Waals surface area contributed by atoms with Crippen LogP contribution in [0.3, 0.4) is 0 Å². The number of aliphatic hydroxyl groups is 1. The topological polar surface area (TPSA) is 191 Å². The highest BCUT2D eigenvalue weighted by Crippen LogP contribution is 2.26. The number of aromatic nitrogens is 2. The molecular formula is C22H20N6O6. The number of carbonyl (C=O) groups is 1. The van der Waals surface area contributed by atoms with Crippen molar-refractivity contribution in [3.63, 3.8) is 0 Å². The average molecular weight is 464 g/mol. The number of rotatable bonds is 7. The zero-order valence-electron chi connectivity index (χ0n) is 17.9. The molecule has 12 nitrogen and oxygen atoms in total. The van der Waals surface area contributed by atoms with Crippen molar-refractivity contribution in [3.05, 3.63) is 77.1 Å². The summed E-state index contributed by atoms with van der Waals surface area (Å²) in [5.74, 6) is -1.36. The van der Waals surface area contributed by atoms with E-state index in [1.54, 1.807) is 11.0 Å². The van der Waals surface area contributed by atoms with Gasteiger partial charge in [0.25, 0.3) is 22.3 Å². The molecule has 0 saturated heterocycles. The van der Waals surface area contributed by atoms with Gasteiger partial charge in [-0.25, -0.2) is 0 Å². The molecule has 0 unspecified atom stereocenters. The van der Waals surface area contributed by atoms with Gasteiger partial charge in [-0.1, -0.05) is 18.2 Å². The molecule has 1 amide bonds. The van der Waals surface area contributed by atoms with Gasteiger partial charge < -0.3 is 30.8 Å². The van der Waals surface area contributed by atoms with Crippen LogP contribution in [0.2, 0.25) is 0 Å². The molecule has 0 aliphatic carbocycles. The van der Waals surface area contributed by atoms with Crippen LogP contribution in [0, 0.1) is 11.3 Å². The van der Waals surface area contributed by atoms with E-state index in [4.69, 9.17) is 20.8 Å². The molecule has 34 heavy (non-hydrogen) atoms. The van der Waals surface area contributed by atoms with Gasteiger partial charge >= 0.3 is 0 Å². The molecule has 2 aromatic carbocycles. The predicted molar refractivity (Wildman–Crippen MR) is 120 cm³/mol. The number of nitrogen functional groups attached to an aromatic ring is 1. The number of nitrogens with zero attached hydrogens (tertiary/aromatic N) is 3. The second-order valence-corrected chi connectivity index (χ2v) is 7.66. The summed E-state index contributed by atoms with van der Waals surface area (Å²) in [6.45, 7) is 0.537. The number of amides is 1. The number of nitrogens with one attached hydrogen (secondary N) is 2. The van der Waals surface area contributed by atoms with Crippen LogP contribution in [0.4, 0.5) is 11.4 Å². The number of hydrogen-bond donors (Lipinski definition) is 4. The molecule has 0 saturated carbocycles. The lowest BCUT2D eigenvalue weighted by Gasteiger charge is -2.32. The average Bonchev–Trinajstić information content (AvgIpc) is 2.85. The highest BCUT2D eigenvalue weighted by Gasteiger charge is 2.27. The maximum absolute atomic E-state index is 12.5. The number of H-pyrrole nitrogens is 1. The van der Waals surface area contributed by atoms with Crippen LogP contribution in [-0.2, 0) is 19.5 Å². The third-order valence-corrected chi connectivity index (χ3v) is 5.52. The lowest BCUT2D eigenvalue weighted by Crippen LogP contribution is -2.44. The summed E-state index contributed by atoms with van der Waals surface area (Å²) in [6, 6.07) is 7.32. The number of anilines is 2. The number of benzene rings is 1. The number of carbonyl (C=O) groups excluding carboxylic acids is 1. The molecule has 0 radical (unpaired) electrons. The normalized spacial score (nSPS) is 12.8. The Balaban J connectivity index is 1.47. The molecule has 1 aliphatic heterocycles. The van der Waals surface area contributed by atoms with Gasteiger partial charge in [-0.05, 0) is 23.1 Å². The van der Waals surface area contributed by atoms with Crippen LogP contribution >= 0.6 is 0 Å². The highest BCUT2D eigenvalue weighted by atomic mass is 16.5. The van der Waals surface area contributed by atoms with Crippen molar-refractivity contribution in [1.29, 1.82) is 5.26 Å². The molecule has 1 aliphatic rings. The van der Waals surface area contributed by atoms with Crippen LogP contribution in [0.5, 0.6) is 5.88 Å². The fourth-order valence-corrected chi connectivity index (χ4v) is 3.79. The second-order valence-electron chi connectivity index (χ2n) is 7.66. The lowest BCUT2D eigenvalue weighted by molar-refractivity contribution is 0.0938. The number of hydrogen-bond acceptors (Lipinski definition) is 10. The number of aliphatic hydroxyl groups excluding tert-OH is 1. The highest BCUT2D eigenvalue weighted by molar-refractivity contribution is 5.90. The zero-order chi connectivity index (χ0) is 24.4. The maximum Gasteiger partial charge on any atom is 0.287 e. The molecule has 0 fully saturated rings. The third-order valence-electron chi connectivity index (χ3n) is 5.52. The smallest absolute Gasteiger partial charge is 0.287 e. The first kappa shape index (κ1) is 22.7. The van der Waals surface area contributed by atoms with Gasteiger partial charge in [0.2, 0.25) is 11.7 Å². The summed E-state index contributed by atoms with van der Waals surface area (Å²) in [5, 5.41) is 20.6. The van der Waals surface area contributed by atoms with Crippen LogP contribution in [0.1, 0.15) is 32.9 Å². The largest absolute Gasteiger partial charge is 0.474 e. The van der Waals surface area contributed by atoms with Gasteiger partial charge in [0.05, 0.1) is 6.61 Å². The quantitative estimate of drug-likeness (QED) is 0.305. The van der Waals surface area contributed by atoms with Gasteiger partial charge in [-0.15, -0.1) is 0 Å². The van der Waals surface area contributed by atoms with E-state index in [2.05, 4.69) is 15.3 Å². The van der Waals surface area contributed by atoms with Gasteiger partial charge in [0, 0.05) is 19.6 Å². The fraction of sp³-hybridized carbons (Fsp3) is 0.273. The molecule has 3 aromatic rings. The minimum atomic E-state index is -0.831. The molecule has 0 atom stereocenters. The first-order valence-corrected chi connectivity index (χ1v) is 10.3. The van der Waals surface area contributed by atoms with E-state index >= 15 is 0 Å². The minimum absolute atomic E-state index is 0.0110. The third kappa shape index (κ3) is 4.12. The molecule has 4 rings (SSSR count).